The van der Waals surface area contributed by atoms with E-state index in [1.807, 2.05) is 0 Å². The summed E-state index contributed by atoms with van der Waals surface area (Å²) in [5.74, 6) is 0.545. The van der Waals surface area contributed by atoms with Crippen LogP contribution in [0.25, 0.3) is 0 Å². The molecule has 2 fully saturated rings. The summed E-state index contributed by atoms with van der Waals surface area (Å²) in [6, 6.07) is 0.124. The lowest BCUT2D eigenvalue weighted by molar-refractivity contribution is -0.124. The van der Waals surface area contributed by atoms with Crippen LogP contribution >= 0.6 is 0 Å². The third kappa shape index (κ3) is 3.78. The average Bonchev–Trinajstić information content (AvgIpc) is 2.82. The Bertz CT molecular complexity index is 249. The van der Waals surface area contributed by atoms with Crippen LogP contribution in [0, 0.1) is 5.92 Å². The number of hydrogen-bond donors (Lipinski definition) is 1. The molecule has 17 heavy (non-hydrogen) atoms. The standard InChI is InChI=1S/C14H25NO2/c15-13-8-2-1-7-12(13)14(16)9-3-5-11-6-4-10-17-11/h11-13H,1-10,15H2. The molecule has 0 spiro atoms. The highest BCUT2D eigenvalue weighted by atomic mass is 16.5. The summed E-state index contributed by atoms with van der Waals surface area (Å²) < 4.78 is 5.57. The average molecular weight is 239 g/mol. The number of ketones is 1. The number of carbonyl (C=O) groups is 1. The van der Waals surface area contributed by atoms with E-state index in [0.717, 1.165) is 32.3 Å². The molecule has 0 aromatic rings. The minimum Gasteiger partial charge on any atom is -0.378 e. The maximum absolute atomic E-state index is 12.1. The summed E-state index contributed by atoms with van der Waals surface area (Å²) in [4.78, 5) is 12.1. The molecule has 1 heterocycles. The van der Waals surface area contributed by atoms with Crippen molar-refractivity contribution in [3.05, 3.63) is 0 Å². The third-order valence-corrected chi connectivity index (χ3v) is 4.21. The van der Waals surface area contributed by atoms with Gasteiger partial charge in [0.2, 0.25) is 0 Å². The van der Waals surface area contributed by atoms with Gasteiger partial charge in [-0.15, -0.1) is 0 Å². The summed E-state index contributed by atoms with van der Waals surface area (Å²) in [5, 5.41) is 0. The van der Waals surface area contributed by atoms with Crippen molar-refractivity contribution in [2.24, 2.45) is 11.7 Å². The molecule has 3 heteroatoms. The van der Waals surface area contributed by atoms with E-state index in [1.54, 1.807) is 0 Å². The molecule has 0 amide bonds. The smallest absolute Gasteiger partial charge is 0.137 e. The minimum absolute atomic E-state index is 0.124. The van der Waals surface area contributed by atoms with Crippen molar-refractivity contribution in [3.8, 4) is 0 Å². The van der Waals surface area contributed by atoms with Crippen LogP contribution in [-0.2, 0) is 9.53 Å². The summed E-state index contributed by atoms with van der Waals surface area (Å²) in [7, 11) is 0. The molecule has 0 aromatic heterocycles. The number of Topliss-reactive ketones (excluding diaryl/α,β-unsaturated/α-hetero) is 1. The van der Waals surface area contributed by atoms with Gasteiger partial charge in [-0.3, -0.25) is 4.79 Å². The molecule has 1 aliphatic carbocycles. The topological polar surface area (TPSA) is 52.3 Å². The van der Waals surface area contributed by atoms with Gasteiger partial charge in [0.15, 0.2) is 0 Å². The zero-order chi connectivity index (χ0) is 12.1. The molecule has 3 unspecified atom stereocenters. The van der Waals surface area contributed by atoms with E-state index in [2.05, 4.69) is 0 Å². The van der Waals surface area contributed by atoms with E-state index in [9.17, 15) is 4.79 Å². The van der Waals surface area contributed by atoms with E-state index >= 15 is 0 Å². The quantitative estimate of drug-likeness (QED) is 0.801. The van der Waals surface area contributed by atoms with Gasteiger partial charge in [0.05, 0.1) is 6.10 Å². The maximum Gasteiger partial charge on any atom is 0.137 e. The Hall–Kier alpha value is -0.410. The molecule has 2 N–H and O–H groups in total. The Balaban J connectivity index is 1.65. The molecular weight excluding hydrogens is 214 g/mol. The highest BCUT2D eigenvalue weighted by Gasteiger charge is 2.27. The number of rotatable bonds is 5. The fourth-order valence-electron chi connectivity index (χ4n) is 3.12. The summed E-state index contributed by atoms with van der Waals surface area (Å²) >= 11 is 0. The van der Waals surface area contributed by atoms with Crippen LogP contribution in [-0.4, -0.2) is 24.5 Å². The van der Waals surface area contributed by atoms with Crippen molar-refractivity contribution in [2.45, 2.75) is 69.9 Å². The molecular formula is C14H25NO2. The second kappa shape index (κ2) is 6.50. The van der Waals surface area contributed by atoms with Crippen molar-refractivity contribution in [1.82, 2.24) is 0 Å². The molecule has 0 radical (unpaired) electrons. The maximum atomic E-state index is 12.1. The van der Waals surface area contributed by atoms with Gasteiger partial charge in [-0.05, 0) is 38.5 Å². The molecule has 1 aliphatic heterocycles. The van der Waals surface area contributed by atoms with Gasteiger partial charge in [0, 0.05) is 25.0 Å². The van der Waals surface area contributed by atoms with Crippen LogP contribution in [0.4, 0.5) is 0 Å². The molecule has 1 saturated heterocycles. The van der Waals surface area contributed by atoms with Crippen LogP contribution in [0.5, 0.6) is 0 Å². The van der Waals surface area contributed by atoms with Crippen molar-refractivity contribution >= 4 is 5.78 Å². The number of ether oxygens (including phenoxy) is 1. The first-order valence-corrected chi connectivity index (χ1v) is 7.17. The summed E-state index contributed by atoms with van der Waals surface area (Å²) in [6.45, 7) is 0.909. The number of hydrogen-bond acceptors (Lipinski definition) is 3. The Morgan fingerprint density at radius 2 is 2.00 bits per heavy atom. The summed E-state index contributed by atoms with van der Waals surface area (Å²) in [6.07, 6.45) is 9.93. The molecule has 3 atom stereocenters. The van der Waals surface area contributed by atoms with E-state index in [1.165, 1.54) is 25.7 Å². The van der Waals surface area contributed by atoms with Gasteiger partial charge in [-0.1, -0.05) is 12.8 Å². The second-order valence-corrected chi connectivity index (χ2v) is 5.55. The van der Waals surface area contributed by atoms with Crippen molar-refractivity contribution in [2.75, 3.05) is 6.61 Å². The summed E-state index contributed by atoms with van der Waals surface area (Å²) in [5.41, 5.74) is 6.03. The van der Waals surface area contributed by atoms with Crippen molar-refractivity contribution < 1.29 is 9.53 Å². The lowest BCUT2D eigenvalue weighted by atomic mass is 9.81. The van der Waals surface area contributed by atoms with Gasteiger partial charge in [0.1, 0.15) is 5.78 Å². The van der Waals surface area contributed by atoms with Crippen LogP contribution < -0.4 is 5.73 Å². The highest BCUT2D eigenvalue weighted by molar-refractivity contribution is 5.81. The zero-order valence-electron chi connectivity index (χ0n) is 10.7. The predicted molar refractivity (Wildman–Crippen MR) is 67.8 cm³/mol. The minimum atomic E-state index is 0.124. The second-order valence-electron chi connectivity index (χ2n) is 5.55. The monoisotopic (exact) mass is 239 g/mol. The number of nitrogens with two attached hydrogens (primary N) is 1. The molecule has 98 valence electrons. The van der Waals surface area contributed by atoms with Crippen molar-refractivity contribution in [3.63, 3.8) is 0 Å². The number of carbonyl (C=O) groups excluding carboxylic acids is 1. The Morgan fingerprint density at radius 1 is 1.18 bits per heavy atom. The van der Waals surface area contributed by atoms with E-state index in [4.69, 9.17) is 10.5 Å². The molecule has 3 nitrogen and oxygen atoms in total. The van der Waals surface area contributed by atoms with Gasteiger partial charge in [0.25, 0.3) is 0 Å². The van der Waals surface area contributed by atoms with Crippen LogP contribution in [0.3, 0.4) is 0 Å². The fourth-order valence-corrected chi connectivity index (χ4v) is 3.12. The first-order valence-electron chi connectivity index (χ1n) is 7.17. The van der Waals surface area contributed by atoms with E-state index in [0.29, 0.717) is 18.3 Å². The first kappa shape index (κ1) is 13.0. The lowest BCUT2D eigenvalue weighted by Crippen LogP contribution is -2.38. The zero-order valence-corrected chi connectivity index (χ0v) is 10.7. The first-order chi connectivity index (χ1) is 8.27. The lowest BCUT2D eigenvalue weighted by Gasteiger charge is -2.27. The SMILES string of the molecule is NC1CCCCC1C(=O)CCCC1CCCO1. The van der Waals surface area contributed by atoms with E-state index in [-0.39, 0.29) is 12.0 Å². The van der Waals surface area contributed by atoms with E-state index < -0.39 is 0 Å². The molecule has 1 saturated carbocycles. The van der Waals surface area contributed by atoms with Crippen LogP contribution in [0.1, 0.15) is 57.8 Å². The highest BCUT2D eigenvalue weighted by Crippen LogP contribution is 2.26. The molecule has 2 aliphatic rings. The Labute approximate surface area is 104 Å². The molecule has 0 aromatic carbocycles. The van der Waals surface area contributed by atoms with Crippen molar-refractivity contribution in [1.29, 1.82) is 0 Å². The molecule has 0 bridgehead atoms. The Kier molecular flexibility index (Phi) is 4.99. The van der Waals surface area contributed by atoms with Crippen LogP contribution in [0.15, 0.2) is 0 Å². The van der Waals surface area contributed by atoms with Gasteiger partial charge >= 0.3 is 0 Å². The normalized spacial score (nSPS) is 33.8. The fraction of sp³-hybridized carbons (Fsp3) is 0.929. The Morgan fingerprint density at radius 3 is 2.71 bits per heavy atom. The van der Waals surface area contributed by atoms with Gasteiger partial charge < -0.3 is 10.5 Å². The van der Waals surface area contributed by atoms with Crippen LogP contribution in [0.2, 0.25) is 0 Å². The predicted octanol–water partition coefficient (Wildman–Crippen LogP) is 2.42. The van der Waals surface area contributed by atoms with Gasteiger partial charge in [-0.2, -0.15) is 0 Å². The third-order valence-electron chi connectivity index (χ3n) is 4.21. The van der Waals surface area contributed by atoms with Gasteiger partial charge in [-0.25, -0.2) is 0 Å². The molecule has 2 rings (SSSR count). The largest absolute Gasteiger partial charge is 0.378 e.